The number of nitrogens with one attached hydrogen (secondary N) is 1. The fourth-order valence-electron chi connectivity index (χ4n) is 2.40. The average molecular weight is 304 g/mol. The smallest absolute Gasteiger partial charge is 0.0454 e. The predicted molar refractivity (Wildman–Crippen MR) is 82.9 cm³/mol. The molecular weight excluding hydrogens is 285 g/mol. The molecular formula is C14H19Cl2NS. The van der Waals surface area contributed by atoms with Crippen molar-refractivity contribution in [3.8, 4) is 0 Å². The third-order valence-corrected chi connectivity index (χ3v) is 5.11. The first-order chi connectivity index (χ1) is 8.72. The molecule has 1 aromatic carbocycles. The van der Waals surface area contributed by atoms with E-state index in [4.69, 9.17) is 23.2 Å². The second kappa shape index (κ2) is 7.04. The van der Waals surface area contributed by atoms with Gasteiger partial charge in [0.2, 0.25) is 0 Å². The Balaban J connectivity index is 2.23. The molecule has 1 N–H and O–H groups in total. The molecule has 1 aliphatic heterocycles. The quantitative estimate of drug-likeness (QED) is 0.839. The zero-order valence-electron chi connectivity index (χ0n) is 10.6. The van der Waals surface area contributed by atoms with Crippen LogP contribution in [-0.2, 0) is 0 Å². The van der Waals surface area contributed by atoms with Crippen molar-refractivity contribution in [2.75, 3.05) is 18.1 Å². The first-order valence-electron chi connectivity index (χ1n) is 6.48. The first kappa shape index (κ1) is 14.5. The molecule has 0 amide bonds. The number of thioether (sulfide) groups is 1. The number of rotatable bonds is 5. The van der Waals surface area contributed by atoms with Gasteiger partial charge in [0.15, 0.2) is 0 Å². The van der Waals surface area contributed by atoms with E-state index in [1.54, 1.807) is 0 Å². The van der Waals surface area contributed by atoms with Crippen LogP contribution in [-0.4, -0.2) is 18.1 Å². The summed E-state index contributed by atoms with van der Waals surface area (Å²) in [7, 11) is 0. The van der Waals surface area contributed by atoms with Crippen LogP contribution in [0.4, 0.5) is 0 Å². The lowest BCUT2D eigenvalue weighted by Gasteiger charge is -2.26. The highest BCUT2D eigenvalue weighted by molar-refractivity contribution is 7.99. The van der Waals surface area contributed by atoms with E-state index >= 15 is 0 Å². The highest BCUT2D eigenvalue weighted by Gasteiger charge is 2.27. The monoisotopic (exact) mass is 303 g/mol. The molecule has 1 heterocycles. The Bertz CT molecular complexity index is 391. The van der Waals surface area contributed by atoms with Crippen molar-refractivity contribution in [2.45, 2.75) is 25.8 Å². The fourth-order valence-corrected chi connectivity index (χ4v) is 4.11. The van der Waals surface area contributed by atoms with E-state index in [0.717, 1.165) is 28.6 Å². The Kier molecular flexibility index (Phi) is 5.68. The molecule has 0 spiro atoms. The molecule has 1 aromatic rings. The maximum atomic E-state index is 6.34. The van der Waals surface area contributed by atoms with Crippen LogP contribution in [0.3, 0.4) is 0 Å². The molecule has 1 aliphatic rings. The molecule has 2 rings (SSSR count). The van der Waals surface area contributed by atoms with E-state index in [1.165, 1.54) is 17.9 Å². The standard InChI is InChI=1S/C14H19Cl2NS/c1-2-6-17-14(10-5-7-18-9-10)12-8-11(15)3-4-13(12)16/h3-4,8,10,14,17H,2,5-7,9H2,1H3. The van der Waals surface area contributed by atoms with Gasteiger partial charge in [-0.25, -0.2) is 0 Å². The molecule has 1 fully saturated rings. The highest BCUT2D eigenvalue weighted by atomic mass is 35.5. The van der Waals surface area contributed by atoms with Crippen LogP contribution < -0.4 is 5.32 Å². The van der Waals surface area contributed by atoms with Gasteiger partial charge < -0.3 is 5.32 Å². The summed E-state index contributed by atoms with van der Waals surface area (Å²) in [6.45, 7) is 3.21. The normalized spacial score (nSPS) is 21.2. The summed E-state index contributed by atoms with van der Waals surface area (Å²) >= 11 is 14.5. The summed E-state index contributed by atoms with van der Waals surface area (Å²) in [5.41, 5.74) is 1.16. The van der Waals surface area contributed by atoms with Crippen molar-refractivity contribution in [2.24, 2.45) is 5.92 Å². The van der Waals surface area contributed by atoms with Gasteiger partial charge in [-0.05, 0) is 60.6 Å². The minimum absolute atomic E-state index is 0.339. The average Bonchev–Trinajstić information content (AvgIpc) is 2.88. The number of hydrogen-bond acceptors (Lipinski definition) is 2. The van der Waals surface area contributed by atoms with E-state index < -0.39 is 0 Å². The summed E-state index contributed by atoms with van der Waals surface area (Å²) in [5, 5.41) is 5.23. The molecule has 0 radical (unpaired) electrons. The van der Waals surface area contributed by atoms with Crippen LogP contribution in [0.25, 0.3) is 0 Å². The zero-order chi connectivity index (χ0) is 13.0. The maximum absolute atomic E-state index is 6.34. The Labute approximate surface area is 124 Å². The molecule has 2 unspecified atom stereocenters. The van der Waals surface area contributed by atoms with Crippen LogP contribution >= 0.6 is 35.0 Å². The number of halogens is 2. The second-order valence-electron chi connectivity index (χ2n) is 4.72. The minimum Gasteiger partial charge on any atom is -0.310 e. The lowest BCUT2D eigenvalue weighted by molar-refractivity contribution is 0.394. The van der Waals surface area contributed by atoms with Crippen LogP contribution in [0.5, 0.6) is 0 Å². The third kappa shape index (κ3) is 3.57. The van der Waals surface area contributed by atoms with Crippen molar-refractivity contribution in [3.05, 3.63) is 33.8 Å². The van der Waals surface area contributed by atoms with Crippen LogP contribution in [0, 0.1) is 5.92 Å². The van der Waals surface area contributed by atoms with Crippen molar-refractivity contribution in [1.29, 1.82) is 0 Å². The molecule has 1 saturated heterocycles. The molecule has 100 valence electrons. The van der Waals surface area contributed by atoms with Gasteiger partial charge >= 0.3 is 0 Å². The van der Waals surface area contributed by atoms with Gasteiger partial charge in [-0.15, -0.1) is 0 Å². The van der Waals surface area contributed by atoms with E-state index in [9.17, 15) is 0 Å². The Morgan fingerprint density at radius 3 is 2.94 bits per heavy atom. The van der Waals surface area contributed by atoms with Crippen molar-refractivity contribution in [1.82, 2.24) is 5.32 Å². The third-order valence-electron chi connectivity index (χ3n) is 3.34. The van der Waals surface area contributed by atoms with E-state index in [0.29, 0.717) is 12.0 Å². The maximum Gasteiger partial charge on any atom is 0.0454 e. The Morgan fingerprint density at radius 2 is 2.28 bits per heavy atom. The topological polar surface area (TPSA) is 12.0 Å². The Hall–Kier alpha value is 0.110. The van der Waals surface area contributed by atoms with Gasteiger partial charge in [-0.1, -0.05) is 30.1 Å². The largest absolute Gasteiger partial charge is 0.310 e. The van der Waals surface area contributed by atoms with Crippen LogP contribution in [0.1, 0.15) is 31.4 Å². The molecule has 0 bridgehead atoms. The van der Waals surface area contributed by atoms with Gasteiger partial charge in [-0.2, -0.15) is 11.8 Å². The van der Waals surface area contributed by atoms with E-state index in [1.807, 2.05) is 30.0 Å². The molecule has 0 aliphatic carbocycles. The SMILES string of the molecule is CCCNC(c1cc(Cl)ccc1Cl)C1CCSC1. The molecule has 0 saturated carbocycles. The molecule has 2 atom stereocenters. The lowest BCUT2D eigenvalue weighted by atomic mass is 9.92. The zero-order valence-corrected chi connectivity index (χ0v) is 12.9. The molecule has 18 heavy (non-hydrogen) atoms. The van der Waals surface area contributed by atoms with E-state index in [-0.39, 0.29) is 0 Å². The summed E-state index contributed by atoms with van der Waals surface area (Å²) in [5.74, 6) is 3.13. The van der Waals surface area contributed by atoms with Gasteiger partial charge in [0.05, 0.1) is 0 Å². The number of hydrogen-bond donors (Lipinski definition) is 1. The number of benzene rings is 1. The van der Waals surface area contributed by atoms with Gasteiger partial charge in [0.1, 0.15) is 0 Å². The van der Waals surface area contributed by atoms with Crippen LogP contribution in [0.15, 0.2) is 18.2 Å². The summed E-state index contributed by atoms with van der Waals surface area (Å²) in [6, 6.07) is 6.11. The fraction of sp³-hybridized carbons (Fsp3) is 0.571. The summed E-state index contributed by atoms with van der Waals surface area (Å²) in [4.78, 5) is 0. The first-order valence-corrected chi connectivity index (χ1v) is 8.39. The minimum atomic E-state index is 0.339. The van der Waals surface area contributed by atoms with E-state index in [2.05, 4.69) is 12.2 Å². The Morgan fingerprint density at radius 1 is 1.44 bits per heavy atom. The summed E-state index contributed by atoms with van der Waals surface area (Å²) < 4.78 is 0. The predicted octanol–water partition coefficient (Wildman–Crippen LogP) is 4.79. The molecule has 0 aromatic heterocycles. The lowest BCUT2D eigenvalue weighted by Crippen LogP contribution is -2.29. The van der Waals surface area contributed by atoms with Crippen molar-refractivity contribution >= 4 is 35.0 Å². The van der Waals surface area contributed by atoms with Gasteiger partial charge in [0, 0.05) is 16.1 Å². The van der Waals surface area contributed by atoms with Crippen molar-refractivity contribution < 1.29 is 0 Å². The summed E-state index contributed by atoms with van der Waals surface area (Å²) in [6.07, 6.45) is 2.39. The van der Waals surface area contributed by atoms with Gasteiger partial charge in [0.25, 0.3) is 0 Å². The van der Waals surface area contributed by atoms with Crippen molar-refractivity contribution in [3.63, 3.8) is 0 Å². The molecule has 1 nitrogen and oxygen atoms in total. The second-order valence-corrected chi connectivity index (χ2v) is 6.71. The van der Waals surface area contributed by atoms with Crippen LogP contribution in [0.2, 0.25) is 10.0 Å². The molecule has 4 heteroatoms. The van der Waals surface area contributed by atoms with Gasteiger partial charge in [-0.3, -0.25) is 0 Å². The highest BCUT2D eigenvalue weighted by Crippen LogP contribution is 2.37.